The van der Waals surface area contributed by atoms with Crippen molar-refractivity contribution >= 4 is 26.0 Å². The van der Waals surface area contributed by atoms with E-state index in [4.69, 9.17) is 4.74 Å². The third kappa shape index (κ3) is 2.95. The number of hydrogen-bond acceptors (Lipinski definition) is 3. The molecule has 19 heavy (non-hydrogen) atoms. The summed E-state index contributed by atoms with van der Waals surface area (Å²) in [5.41, 5.74) is 0. The summed E-state index contributed by atoms with van der Waals surface area (Å²) in [5, 5.41) is 0. The molecule has 2 rings (SSSR count). The minimum absolute atomic E-state index is 0.317. The van der Waals surface area contributed by atoms with Gasteiger partial charge in [0.15, 0.2) is 0 Å². The molecule has 0 N–H and O–H groups in total. The van der Waals surface area contributed by atoms with Crippen LogP contribution in [0.15, 0.2) is 27.6 Å². The van der Waals surface area contributed by atoms with Crippen LogP contribution in [0.3, 0.4) is 0 Å². The average molecular weight is 348 g/mol. The van der Waals surface area contributed by atoms with E-state index >= 15 is 0 Å². The predicted molar refractivity (Wildman–Crippen MR) is 77.9 cm³/mol. The van der Waals surface area contributed by atoms with Gasteiger partial charge < -0.3 is 4.74 Å². The lowest BCUT2D eigenvalue weighted by Crippen LogP contribution is -2.28. The van der Waals surface area contributed by atoms with Gasteiger partial charge in [-0.3, -0.25) is 0 Å². The topological polar surface area (TPSA) is 46.6 Å². The van der Waals surface area contributed by atoms with E-state index < -0.39 is 10.0 Å². The number of halogens is 1. The fourth-order valence-electron chi connectivity index (χ4n) is 2.31. The highest BCUT2D eigenvalue weighted by Gasteiger charge is 2.31. The zero-order valence-electron chi connectivity index (χ0n) is 11.1. The summed E-state index contributed by atoms with van der Waals surface area (Å²) in [6.07, 6.45) is 1.98. The maximum Gasteiger partial charge on any atom is 0.243 e. The van der Waals surface area contributed by atoms with Gasteiger partial charge in [0, 0.05) is 13.1 Å². The van der Waals surface area contributed by atoms with Gasteiger partial charge in [-0.2, -0.15) is 4.31 Å². The monoisotopic (exact) mass is 347 g/mol. The standard InChI is InChI=1S/C13H18BrNO3S/c1-3-10-6-7-15(9-10)19(16,17)11-4-5-13(18-2)12(14)8-11/h4-5,8,10H,3,6-7,9H2,1-2H3. The first-order valence-electron chi connectivity index (χ1n) is 6.32. The van der Waals surface area contributed by atoms with Crippen molar-refractivity contribution in [1.29, 1.82) is 0 Å². The molecule has 0 radical (unpaired) electrons. The Morgan fingerprint density at radius 1 is 1.47 bits per heavy atom. The van der Waals surface area contributed by atoms with Crippen molar-refractivity contribution in [2.24, 2.45) is 5.92 Å². The lowest BCUT2D eigenvalue weighted by atomic mass is 10.1. The van der Waals surface area contributed by atoms with E-state index in [-0.39, 0.29) is 0 Å². The molecule has 1 aliphatic heterocycles. The average Bonchev–Trinajstić information content (AvgIpc) is 2.88. The van der Waals surface area contributed by atoms with Gasteiger partial charge in [-0.15, -0.1) is 0 Å². The van der Waals surface area contributed by atoms with Crippen molar-refractivity contribution in [3.8, 4) is 5.75 Å². The Morgan fingerprint density at radius 2 is 2.21 bits per heavy atom. The van der Waals surface area contributed by atoms with Crippen molar-refractivity contribution in [2.45, 2.75) is 24.7 Å². The largest absolute Gasteiger partial charge is 0.496 e. The first-order chi connectivity index (χ1) is 8.98. The SMILES string of the molecule is CCC1CCN(S(=O)(=O)c2ccc(OC)c(Br)c2)C1. The number of ether oxygens (including phenoxy) is 1. The smallest absolute Gasteiger partial charge is 0.243 e. The van der Waals surface area contributed by atoms with Crippen LogP contribution in [0.1, 0.15) is 19.8 Å². The molecule has 4 nitrogen and oxygen atoms in total. The van der Waals surface area contributed by atoms with Gasteiger partial charge in [0.25, 0.3) is 0 Å². The van der Waals surface area contributed by atoms with Crippen molar-refractivity contribution in [2.75, 3.05) is 20.2 Å². The first kappa shape index (κ1) is 14.8. The van der Waals surface area contributed by atoms with Gasteiger partial charge in [0.1, 0.15) is 5.75 Å². The summed E-state index contributed by atoms with van der Waals surface area (Å²) in [7, 11) is -1.83. The highest BCUT2D eigenvalue weighted by Crippen LogP contribution is 2.31. The Bertz CT molecular complexity index is 559. The summed E-state index contributed by atoms with van der Waals surface area (Å²) in [6, 6.07) is 4.87. The number of hydrogen-bond donors (Lipinski definition) is 0. The Kier molecular flexibility index (Phi) is 4.53. The molecular weight excluding hydrogens is 330 g/mol. The van der Waals surface area contributed by atoms with Crippen LogP contribution in [-0.2, 0) is 10.0 Å². The third-order valence-electron chi connectivity index (χ3n) is 3.59. The fraction of sp³-hybridized carbons (Fsp3) is 0.538. The minimum atomic E-state index is -3.38. The van der Waals surface area contributed by atoms with Crippen LogP contribution in [0.25, 0.3) is 0 Å². The van der Waals surface area contributed by atoms with Crippen molar-refractivity contribution < 1.29 is 13.2 Å². The van der Waals surface area contributed by atoms with E-state index in [0.29, 0.717) is 34.1 Å². The highest BCUT2D eigenvalue weighted by atomic mass is 79.9. The molecule has 1 atom stereocenters. The minimum Gasteiger partial charge on any atom is -0.496 e. The van der Waals surface area contributed by atoms with Gasteiger partial charge in [-0.05, 0) is 46.5 Å². The van der Waals surface area contributed by atoms with Crippen LogP contribution < -0.4 is 4.74 Å². The lowest BCUT2D eigenvalue weighted by Gasteiger charge is -2.17. The van der Waals surface area contributed by atoms with Crippen molar-refractivity contribution in [3.63, 3.8) is 0 Å². The Balaban J connectivity index is 2.27. The van der Waals surface area contributed by atoms with E-state index in [1.165, 1.54) is 0 Å². The van der Waals surface area contributed by atoms with Gasteiger partial charge >= 0.3 is 0 Å². The number of rotatable bonds is 4. The molecule has 0 bridgehead atoms. The number of sulfonamides is 1. The normalized spacial score (nSPS) is 20.7. The molecular formula is C13H18BrNO3S. The Morgan fingerprint density at radius 3 is 2.74 bits per heavy atom. The third-order valence-corrected chi connectivity index (χ3v) is 6.07. The molecule has 1 unspecified atom stereocenters. The molecule has 1 aromatic carbocycles. The first-order valence-corrected chi connectivity index (χ1v) is 8.56. The molecule has 0 spiro atoms. The Hall–Kier alpha value is -0.590. The van der Waals surface area contributed by atoms with E-state index in [1.54, 1.807) is 29.6 Å². The zero-order valence-corrected chi connectivity index (χ0v) is 13.5. The molecule has 1 aliphatic rings. The maximum absolute atomic E-state index is 12.5. The van der Waals surface area contributed by atoms with Crippen molar-refractivity contribution in [3.05, 3.63) is 22.7 Å². The van der Waals surface area contributed by atoms with Gasteiger partial charge in [0.2, 0.25) is 10.0 Å². The fourth-order valence-corrected chi connectivity index (χ4v) is 4.56. The molecule has 1 fully saturated rings. The van der Waals surface area contributed by atoms with E-state index in [1.807, 2.05) is 0 Å². The van der Waals surface area contributed by atoms with Crippen LogP contribution in [0.4, 0.5) is 0 Å². The van der Waals surface area contributed by atoms with E-state index in [0.717, 1.165) is 12.8 Å². The molecule has 1 aromatic rings. The van der Waals surface area contributed by atoms with Crippen molar-refractivity contribution in [1.82, 2.24) is 4.31 Å². The van der Waals surface area contributed by atoms with Crippen LogP contribution in [0.2, 0.25) is 0 Å². The summed E-state index contributed by atoms with van der Waals surface area (Å²) in [6.45, 7) is 3.34. The zero-order chi connectivity index (χ0) is 14.0. The van der Waals surface area contributed by atoms with E-state index in [2.05, 4.69) is 22.9 Å². The number of methoxy groups -OCH3 is 1. The maximum atomic E-state index is 12.5. The summed E-state index contributed by atoms with van der Waals surface area (Å²) >= 11 is 3.33. The molecule has 0 aromatic heterocycles. The molecule has 6 heteroatoms. The molecule has 1 saturated heterocycles. The summed E-state index contributed by atoms with van der Waals surface area (Å²) in [4.78, 5) is 0.317. The van der Waals surface area contributed by atoms with Crippen LogP contribution in [-0.4, -0.2) is 32.9 Å². The van der Waals surface area contributed by atoms with Gasteiger partial charge in [-0.1, -0.05) is 13.3 Å². The second kappa shape index (κ2) is 5.81. The van der Waals surface area contributed by atoms with Crippen LogP contribution in [0.5, 0.6) is 5.75 Å². The number of benzene rings is 1. The second-order valence-electron chi connectivity index (χ2n) is 4.72. The Labute approximate surface area is 122 Å². The molecule has 106 valence electrons. The van der Waals surface area contributed by atoms with Crippen LogP contribution >= 0.6 is 15.9 Å². The quantitative estimate of drug-likeness (QED) is 0.841. The highest BCUT2D eigenvalue weighted by molar-refractivity contribution is 9.10. The van der Waals surface area contributed by atoms with Gasteiger partial charge in [0.05, 0.1) is 16.5 Å². The predicted octanol–water partition coefficient (Wildman–Crippen LogP) is 2.88. The number of nitrogens with zero attached hydrogens (tertiary/aromatic N) is 1. The van der Waals surface area contributed by atoms with Gasteiger partial charge in [-0.25, -0.2) is 8.42 Å². The lowest BCUT2D eigenvalue weighted by molar-refractivity contribution is 0.411. The van der Waals surface area contributed by atoms with E-state index in [9.17, 15) is 8.42 Å². The molecule has 0 amide bonds. The second-order valence-corrected chi connectivity index (χ2v) is 7.51. The molecule has 1 heterocycles. The molecule has 0 aliphatic carbocycles. The van der Waals surface area contributed by atoms with Crippen LogP contribution in [0, 0.1) is 5.92 Å². The summed E-state index contributed by atoms with van der Waals surface area (Å²) in [5.74, 6) is 1.11. The summed E-state index contributed by atoms with van der Waals surface area (Å²) < 4.78 is 32.4. The molecule has 0 saturated carbocycles.